The number of rotatable bonds is 3. The normalized spacial score (nSPS) is 22.6. The highest BCUT2D eigenvalue weighted by Gasteiger charge is 2.66. The van der Waals surface area contributed by atoms with Crippen molar-refractivity contribution in [3.8, 4) is 0 Å². The molecule has 0 bridgehead atoms. The van der Waals surface area contributed by atoms with Crippen LogP contribution in [0.4, 0.5) is 0 Å². The molecule has 1 aromatic carbocycles. The van der Waals surface area contributed by atoms with Crippen molar-refractivity contribution in [2.24, 2.45) is 22.5 Å². The predicted molar refractivity (Wildman–Crippen MR) is 87.9 cm³/mol. The molecule has 1 aliphatic rings. The van der Waals surface area contributed by atoms with Gasteiger partial charge in [0, 0.05) is 6.04 Å². The van der Waals surface area contributed by atoms with E-state index in [-0.39, 0.29) is 11.5 Å². The van der Waals surface area contributed by atoms with Gasteiger partial charge < -0.3 is 5.73 Å². The Labute approximate surface area is 125 Å². The van der Waals surface area contributed by atoms with Crippen LogP contribution < -0.4 is 5.73 Å². The van der Waals surface area contributed by atoms with Crippen LogP contribution in [0, 0.1) is 16.7 Å². The number of hydrogen-bond acceptors (Lipinski definition) is 1. The Morgan fingerprint density at radius 1 is 1.00 bits per heavy atom. The molecule has 1 aliphatic carbocycles. The number of benzene rings is 1. The van der Waals surface area contributed by atoms with Gasteiger partial charge in [0.1, 0.15) is 0 Å². The highest BCUT2D eigenvalue weighted by molar-refractivity contribution is 5.29. The Morgan fingerprint density at radius 2 is 1.45 bits per heavy atom. The van der Waals surface area contributed by atoms with Crippen molar-refractivity contribution >= 4 is 0 Å². The molecular weight excluding hydrogens is 242 g/mol. The quantitative estimate of drug-likeness (QED) is 0.860. The van der Waals surface area contributed by atoms with Crippen LogP contribution in [-0.2, 0) is 11.8 Å². The number of hydrogen-bond donors (Lipinski definition) is 1. The minimum Gasteiger partial charge on any atom is -0.327 e. The number of nitrogens with two attached hydrogens (primary N) is 1. The largest absolute Gasteiger partial charge is 0.327 e. The lowest BCUT2D eigenvalue weighted by Crippen LogP contribution is -2.28. The molecule has 1 nitrogen and oxygen atoms in total. The molecule has 0 amide bonds. The second kappa shape index (κ2) is 4.59. The lowest BCUT2D eigenvalue weighted by molar-refractivity contribution is 0.457. The van der Waals surface area contributed by atoms with Gasteiger partial charge >= 0.3 is 0 Å². The molecule has 1 aromatic rings. The highest BCUT2D eigenvalue weighted by Crippen LogP contribution is 2.69. The molecule has 2 N–H and O–H groups in total. The average molecular weight is 273 g/mol. The summed E-state index contributed by atoms with van der Waals surface area (Å²) in [6.07, 6.45) is 0.988. The molecule has 1 saturated carbocycles. The maximum absolute atomic E-state index is 6.49. The Hall–Kier alpha value is -0.820. The summed E-state index contributed by atoms with van der Waals surface area (Å²) < 4.78 is 0. The van der Waals surface area contributed by atoms with Crippen molar-refractivity contribution in [1.82, 2.24) is 0 Å². The van der Waals surface area contributed by atoms with E-state index in [4.69, 9.17) is 5.73 Å². The van der Waals surface area contributed by atoms with Gasteiger partial charge in [-0.25, -0.2) is 0 Å². The van der Waals surface area contributed by atoms with Crippen LogP contribution in [0.1, 0.15) is 59.6 Å². The highest BCUT2D eigenvalue weighted by atomic mass is 14.8. The summed E-state index contributed by atoms with van der Waals surface area (Å²) in [6.45, 7) is 16.1. The van der Waals surface area contributed by atoms with Crippen molar-refractivity contribution in [2.45, 2.75) is 66.3 Å². The molecule has 1 atom stereocenters. The van der Waals surface area contributed by atoms with Gasteiger partial charge in [0.25, 0.3) is 0 Å². The summed E-state index contributed by atoms with van der Waals surface area (Å²) >= 11 is 0. The van der Waals surface area contributed by atoms with Gasteiger partial charge in [-0.15, -0.1) is 0 Å². The first-order valence-electron chi connectivity index (χ1n) is 7.83. The molecule has 1 heteroatoms. The van der Waals surface area contributed by atoms with Crippen molar-refractivity contribution in [2.75, 3.05) is 0 Å². The Kier molecular flexibility index (Phi) is 3.57. The summed E-state index contributed by atoms with van der Waals surface area (Å²) in [4.78, 5) is 0. The van der Waals surface area contributed by atoms with E-state index in [1.54, 1.807) is 0 Å². The van der Waals surface area contributed by atoms with Crippen LogP contribution in [0.25, 0.3) is 0 Å². The zero-order valence-electron chi connectivity index (χ0n) is 14.2. The fourth-order valence-corrected chi connectivity index (χ4v) is 3.85. The van der Waals surface area contributed by atoms with E-state index >= 15 is 0 Å². The zero-order valence-corrected chi connectivity index (χ0v) is 14.2. The van der Waals surface area contributed by atoms with Gasteiger partial charge in [-0.3, -0.25) is 0 Å². The van der Waals surface area contributed by atoms with Crippen LogP contribution in [0.15, 0.2) is 24.3 Å². The first-order valence-corrected chi connectivity index (χ1v) is 7.83. The molecule has 0 aromatic heterocycles. The summed E-state index contributed by atoms with van der Waals surface area (Å²) in [7, 11) is 0. The van der Waals surface area contributed by atoms with Crippen molar-refractivity contribution in [3.63, 3.8) is 0 Å². The third-order valence-electron chi connectivity index (χ3n) is 5.85. The van der Waals surface area contributed by atoms with Gasteiger partial charge in [0.2, 0.25) is 0 Å². The lowest BCUT2D eigenvalue weighted by Gasteiger charge is -2.20. The SMILES string of the molecule is CC(C)(C)c1ccc(CC(N)C2C(C)(C)C2(C)C)cc1. The fraction of sp³-hybridized carbons (Fsp3) is 0.684. The second-order valence-corrected chi connectivity index (χ2v) is 8.74. The molecule has 20 heavy (non-hydrogen) atoms. The minimum absolute atomic E-state index is 0.223. The predicted octanol–water partition coefficient (Wildman–Crippen LogP) is 4.54. The second-order valence-electron chi connectivity index (χ2n) is 8.74. The molecule has 0 heterocycles. The fourth-order valence-electron chi connectivity index (χ4n) is 3.85. The first-order chi connectivity index (χ1) is 8.98. The Morgan fingerprint density at radius 3 is 1.80 bits per heavy atom. The van der Waals surface area contributed by atoms with Crippen molar-refractivity contribution in [1.29, 1.82) is 0 Å². The maximum atomic E-state index is 6.49. The van der Waals surface area contributed by atoms with E-state index in [2.05, 4.69) is 72.7 Å². The van der Waals surface area contributed by atoms with Crippen molar-refractivity contribution in [3.05, 3.63) is 35.4 Å². The molecule has 1 unspecified atom stereocenters. The van der Waals surface area contributed by atoms with E-state index in [1.165, 1.54) is 11.1 Å². The Bertz CT molecular complexity index is 459. The van der Waals surface area contributed by atoms with Gasteiger partial charge in [0.15, 0.2) is 0 Å². The summed E-state index contributed by atoms with van der Waals surface area (Å²) in [6, 6.07) is 9.28. The average Bonchev–Trinajstić information content (AvgIpc) is 2.68. The van der Waals surface area contributed by atoms with Crippen LogP contribution >= 0.6 is 0 Å². The minimum atomic E-state index is 0.223. The van der Waals surface area contributed by atoms with Crippen LogP contribution in [0.3, 0.4) is 0 Å². The molecule has 1 fully saturated rings. The smallest absolute Gasteiger partial charge is 0.0118 e. The van der Waals surface area contributed by atoms with Gasteiger partial charge in [0.05, 0.1) is 0 Å². The van der Waals surface area contributed by atoms with Gasteiger partial charge in [-0.05, 0) is 39.7 Å². The first kappa shape index (κ1) is 15.6. The van der Waals surface area contributed by atoms with E-state index in [9.17, 15) is 0 Å². The van der Waals surface area contributed by atoms with E-state index in [0.29, 0.717) is 16.7 Å². The molecule has 112 valence electrons. The third kappa shape index (κ3) is 2.53. The molecule has 0 aliphatic heterocycles. The molecule has 0 saturated heterocycles. The molecule has 0 radical (unpaired) electrons. The standard InChI is InChI=1S/C19H31N/c1-17(2,3)14-10-8-13(9-11-14)12-15(20)16-18(4,5)19(16,6)7/h8-11,15-16H,12,20H2,1-7H3. The zero-order chi connectivity index (χ0) is 15.3. The topological polar surface area (TPSA) is 26.0 Å². The summed E-state index contributed by atoms with van der Waals surface area (Å²) in [5.74, 6) is 0.622. The molecule has 2 rings (SSSR count). The Balaban J connectivity index is 2.05. The van der Waals surface area contributed by atoms with Gasteiger partial charge in [-0.2, -0.15) is 0 Å². The van der Waals surface area contributed by atoms with Crippen LogP contribution in [0.5, 0.6) is 0 Å². The molecule has 0 spiro atoms. The van der Waals surface area contributed by atoms with E-state index in [0.717, 1.165) is 6.42 Å². The summed E-state index contributed by atoms with van der Waals surface area (Å²) in [5.41, 5.74) is 10.2. The van der Waals surface area contributed by atoms with E-state index in [1.807, 2.05) is 0 Å². The lowest BCUT2D eigenvalue weighted by atomic mass is 9.86. The van der Waals surface area contributed by atoms with Crippen LogP contribution in [-0.4, -0.2) is 6.04 Å². The van der Waals surface area contributed by atoms with E-state index < -0.39 is 0 Å². The third-order valence-corrected chi connectivity index (χ3v) is 5.85. The summed E-state index contributed by atoms with van der Waals surface area (Å²) in [5, 5.41) is 0. The van der Waals surface area contributed by atoms with Crippen LogP contribution in [0.2, 0.25) is 0 Å². The maximum Gasteiger partial charge on any atom is 0.0118 e. The monoisotopic (exact) mass is 273 g/mol. The van der Waals surface area contributed by atoms with Gasteiger partial charge in [-0.1, -0.05) is 72.7 Å². The molecular formula is C19H31N. The van der Waals surface area contributed by atoms with Crippen molar-refractivity contribution < 1.29 is 0 Å².